The first-order valence-corrected chi connectivity index (χ1v) is 5.78. The Morgan fingerprint density at radius 1 is 1.26 bits per heavy atom. The number of nitrogens with zero attached hydrogens (tertiary/aromatic N) is 1. The molecule has 0 fully saturated rings. The van der Waals surface area contributed by atoms with E-state index >= 15 is 0 Å². The molecule has 0 aliphatic heterocycles. The van der Waals surface area contributed by atoms with Crippen molar-refractivity contribution in [3.8, 4) is 0 Å². The SMILES string of the molecule is O=C(O)CCCc1cc2ccccc2n1C(F)(F)F. The van der Waals surface area contributed by atoms with Gasteiger partial charge in [-0.15, -0.1) is 13.2 Å². The number of para-hydroxylation sites is 1. The summed E-state index contributed by atoms with van der Waals surface area (Å²) in [7, 11) is 0. The van der Waals surface area contributed by atoms with Crippen molar-refractivity contribution in [3.05, 3.63) is 36.0 Å². The number of carboxylic acid groups (broad SMARTS) is 1. The lowest BCUT2D eigenvalue weighted by molar-refractivity contribution is -0.202. The van der Waals surface area contributed by atoms with Crippen LogP contribution in [0.15, 0.2) is 30.3 Å². The van der Waals surface area contributed by atoms with Crippen molar-refractivity contribution in [1.82, 2.24) is 4.57 Å². The highest BCUT2D eigenvalue weighted by Gasteiger charge is 2.34. The fourth-order valence-electron chi connectivity index (χ4n) is 2.12. The Bertz CT molecular complexity index is 601. The molecule has 102 valence electrons. The number of hydrogen-bond donors (Lipinski definition) is 1. The predicted octanol–water partition coefficient (Wildman–Crippen LogP) is 3.52. The standard InChI is InChI=1S/C13H12F3NO2/c14-13(15,16)17-10(5-3-7-12(18)19)8-9-4-1-2-6-11(9)17/h1-2,4,6,8H,3,5,7H2,(H,18,19). The van der Waals surface area contributed by atoms with Crippen LogP contribution in [0.3, 0.4) is 0 Å². The third kappa shape index (κ3) is 2.89. The monoisotopic (exact) mass is 271 g/mol. The van der Waals surface area contributed by atoms with E-state index in [0.29, 0.717) is 9.95 Å². The molecule has 0 aliphatic carbocycles. The van der Waals surface area contributed by atoms with Gasteiger partial charge in [0, 0.05) is 17.5 Å². The van der Waals surface area contributed by atoms with E-state index in [-0.39, 0.29) is 30.5 Å². The summed E-state index contributed by atoms with van der Waals surface area (Å²) in [4.78, 5) is 10.4. The fourth-order valence-corrected chi connectivity index (χ4v) is 2.12. The maximum absolute atomic E-state index is 13.0. The Morgan fingerprint density at radius 2 is 1.95 bits per heavy atom. The van der Waals surface area contributed by atoms with Crippen LogP contribution >= 0.6 is 0 Å². The first-order chi connectivity index (χ1) is 8.89. The molecule has 0 saturated heterocycles. The molecule has 0 bridgehead atoms. The number of aromatic nitrogens is 1. The molecule has 6 heteroatoms. The molecule has 1 heterocycles. The third-order valence-corrected chi connectivity index (χ3v) is 2.86. The average Bonchev–Trinajstić information content (AvgIpc) is 2.66. The van der Waals surface area contributed by atoms with Crippen molar-refractivity contribution >= 4 is 16.9 Å². The van der Waals surface area contributed by atoms with Crippen LogP contribution in [0.5, 0.6) is 0 Å². The Morgan fingerprint density at radius 3 is 2.58 bits per heavy atom. The van der Waals surface area contributed by atoms with Gasteiger partial charge >= 0.3 is 12.3 Å². The van der Waals surface area contributed by atoms with E-state index in [1.807, 2.05) is 0 Å². The van der Waals surface area contributed by atoms with Gasteiger partial charge < -0.3 is 5.11 Å². The smallest absolute Gasteiger partial charge is 0.481 e. The minimum Gasteiger partial charge on any atom is -0.481 e. The summed E-state index contributed by atoms with van der Waals surface area (Å²) in [5.41, 5.74) is 0.190. The van der Waals surface area contributed by atoms with Gasteiger partial charge in [-0.2, -0.15) is 0 Å². The van der Waals surface area contributed by atoms with Crippen molar-refractivity contribution in [3.63, 3.8) is 0 Å². The van der Waals surface area contributed by atoms with Gasteiger partial charge in [0.1, 0.15) is 0 Å². The molecule has 0 amide bonds. The van der Waals surface area contributed by atoms with E-state index in [9.17, 15) is 18.0 Å². The molecule has 0 saturated carbocycles. The molecule has 2 aromatic rings. The van der Waals surface area contributed by atoms with Gasteiger partial charge in [0.05, 0.1) is 5.52 Å². The maximum Gasteiger partial charge on any atom is 0.489 e. The summed E-state index contributed by atoms with van der Waals surface area (Å²) in [6.45, 7) is 0. The van der Waals surface area contributed by atoms with Crippen LogP contribution in [-0.2, 0) is 17.5 Å². The van der Waals surface area contributed by atoms with Crippen LogP contribution in [0.1, 0.15) is 18.5 Å². The molecule has 1 N–H and O–H groups in total. The van der Waals surface area contributed by atoms with E-state index < -0.39 is 12.3 Å². The van der Waals surface area contributed by atoms with Crippen molar-refractivity contribution in [2.24, 2.45) is 0 Å². The van der Waals surface area contributed by atoms with Gasteiger partial charge in [0.25, 0.3) is 0 Å². The van der Waals surface area contributed by atoms with Crippen LogP contribution in [0.2, 0.25) is 0 Å². The van der Waals surface area contributed by atoms with Crippen LogP contribution in [0, 0.1) is 0 Å². The Balaban J connectivity index is 2.39. The topological polar surface area (TPSA) is 42.2 Å². The van der Waals surface area contributed by atoms with Crippen molar-refractivity contribution in [2.75, 3.05) is 0 Å². The Hall–Kier alpha value is -1.98. The van der Waals surface area contributed by atoms with E-state index in [0.717, 1.165) is 0 Å². The second-order valence-electron chi connectivity index (χ2n) is 4.25. The average molecular weight is 271 g/mol. The lowest BCUT2D eigenvalue weighted by atomic mass is 10.2. The first kappa shape index (κ1) is 13.5. The lowest BCUT2D eigenvalue weighted by Crippen LogP contribution is -2.19. The minimum absolute atomic E-state index is 0.0838. The minimum atomic E-state index is -4.50. The van der Waals surface area contributed by atoms with Gasteiger partial charge in [-0.05, 0) is 25.0 Å². The highest BCUT2D eigenvalue weighted by atomic mass is 19.4. The second kappa shape index (κ2) is 4.95. The number of alkyl halides is 3. The summed E-state index contributed by atoms with van der Waals surface area (Å²) in [6.07, 6.45) is -4.37. The van der Waals surface area contributed by atoms with Crippen LogP contribution in [0.25, 0.3) is 10.9 Å². The number of aliphatic carboxylic acids is 1. The van der Waals surface area contributed by atoms with Gasteiger partial charge in [0.2, 0.25) is 0 Å². The van der Waals surface area contributed by atoms with Crippen molar-refractivity contribution in [2.45, 2.75) is 25.6 Å². The second-order valence-corrected chi connectivity index (χ2v) is 4.25. The maximum atomic E-state index is 13.0. The zero-order chi connectivity index (χ0) is 14.0. The zero-order valence-electron chi connectivity index (χ0n) is 9.94. The highest BCUT2D eigenvalue weighted by molar-refractivity contribution is 5.81. The fraction of sp³-hybridized carbons (Fsp3) is 0.308. The number of halogens is 3. The molecule has 0 unspecified atom stereocenters. The molecule has 0 atom stereocenters. The molecular weight excluding hydrogens is 259 g/mol. The number of aryl methyl sites for hydroxylation is 1. The molecular formula is C13H12F3NO2. The van der Waals surface area contributed by atoms with E-state index in [1.165, 1.54) is 12.1 Å². The third-order valence-electron chi connectivity index (χ3n) is 2.86. The summed E-state index contributed by atoms with van der Waals surface area (Å²) in [6, 6.07) is 7.70. The van der Waals surface area contributed by atoms with Crippen molar-refractivity contribution in [1.29, 1.82) is 0 Å². The molecule has 1 aromatic carbocycles. The van der Waals surface area contributed by atoms with Gasteiger partial charge in [-0.3, -0.25) is 9.36 Å². The van der Waals surface area contributed by atoms with Crippen LogP contribution in [-0.4, -0.2) is 15.6 Å². The Kier molecular flexibility index (Phi) is 3.50. The molecule has 1 aromatic heterocycles. The molecule has 2 rings (SSSR count). The van der Waals surface area contributed by atoms with E-state index in [1.54, 1.807) is 18.2 Å². The quantitative estimate of drug-likeness (QED) is 0.924. The number of rotatable bonds is 4. The largest absolute Gasteiger partial charge is 0.489 e. The summed E-state index contributed by atoms with van der Waals surface area (Å²) >= 11 is 0. The van der Waals surface area contributed by atoms with Crippen LogP contribution < -0.4 is 0 Å². The van der Waals surface area contributed by atoms with E-state index in [4.69, 9.17) is 5.11 Å². The highest BCUT2D eigenvalue weighted by Crippen LogP contribution is 2.32. The number of carbonyl (C=O) groups is 1. The number of hydrogen-bond acceptors (Lipinski definition) is 1. The van der Waals surface area contributed by atoms with Gasteiger partial charge in [-0.1, -0.05) is 18.2 Å². The van der Waals surface area contributed by atoms with Gasteiger partial charge in [-0.25, -0.2) is 0 Å². The molecule has 3 nitrogen and oxygen atoms in total. The number of benzene rings is 1. The summed E-state index contributed by atoms with van der Waals surface area (Å²) in [5, 5.41) is 9.04. The molecule has 19 heavy (non-hydrogen) atoms. The molecule has 0 aliphatic rings. The van der Waals surface area contributed by atoms with E-state index in [2.05, 4.69) is 0 Å². The Labute approximate surface area is 107 Å². The summed E-state index contributed by atoms with van der Waals surface area (Å²) in [5.74, 6) is -1.00. The van der Waals surface area contributed by atoms with Gasteiger partial charge in [0.15, 0.2) is 0 Å². The molecule has 0 radical (unpaired) electrons. The molecule has 0 spiro atoms. The van der Waals surface area contributed by atoms with Crippen LogP contribution in [0.4, 0.5) is 13.2 Å². The zero-order valence-corrected chi connectivity index (χ0v) is 9.94. The summed E-state index contributed by atoms with van der Waals surface area (Å²) < 4.78 is 39.5. The predicted molar refractivity (Wildman–Crippen MR) is 63.8 cm³/mol. The number of fused-ring (bicyclic) bond motifs is 1. The van der Waals surface area contributed by atoms with Crippen molar-refractivity contribution < 1.29 is 23.1 Å². The normalized spacial score (nSPS) is 11.9. The number of carboxylic acids is 1. The first-order valence-electron chi connectivity index (χ1n) is 5.78. The lowest BCUT2D eigenvalue weighted by Gasteiger charge is -2.13.